The largest absolute Gasteiger partial charge is 0.338 e. The highest BCUT2D eigenvalue weighted by Crippen LogP contribution is 2.23. The van der Waals surface area contributed by atoms with Gasteiger partial charge in [-0.3, -0.25) is 9.59 Å². The Balaban J connectivity index is 1.60. The molecule has 2 heterocycles. The highest BCUT2D eigenvalue weighted by atomic mass is 32.1. The van der Waals surface area contributed by atoms with Crippen molar-refractivity contribution in [2.45, 2.75) is 19.9 Å². The summed E-state index contributed by atoms with van der Waals surface area (Å²) in [6.07, 6.45) is 0.192. The van der Waals surface area contributed by atoms with Crippen molar-refractivity contribution in [1.82, 2.24) is 9.88 Å². The molecule has 2 amide bonds. The van der Waals surface area contributed by atoms with Gasteiger partial charge >= 0.3 is 0 Å². The number of carbonyl (C=O) groups is 2. The molecule has 2 aromatic rings. The number of likely N-dealkylation sites (tertiary alicyclic amines) is 1. The summed E-state index contributed by atoms with van der Waals surface area (Å²) < 4.78 is 12.9. The Labute approximate surface area is 137 Å². The summed E-state index contributed by atoms with van der Waals surface area (Å²) in [6.45, 7) is 2.61. The van der Waals surface area contributed by atoms with Crippen LogP contribution >= 0.6 is 11.3 Å². The van der Waals surface area contributed by atoms with E-state index in [9.17, 15) is 14.0 Å². The van der Waals surface area contributed by atoms with E-state index >= 15 is 0 Å². The molecule has 1 aliphatic rings. The molecular formula is C16H16FN3O2S. The number of amides is 2. The number of carbonyl (C=O) groups excluding carboxylic acids is 2. The molecule has 0 saturated carbocycles. The second kappa shape index (κ2) is 6.45. The minimum Gasteiger partial charge on any atom is -0.338 e. The lowest BCUT2D eigenvalue weighted by Gasteiger charge is -2.16. The van der Waals surface area contributed by atoms with Gasteiger partial charge in [-0.2, -0.15) is 0 Å². The molecule has 120 valence electrons. The zero-order valence-corrected chi connectivity index (χ0v) is 13.4. The highest BCUT2D eigenvalue weighted by Gasteiger charge is 2.34. The first-order valence-corrected chi connectivity index (χ1v) is 8.14. The average Bonchev–Trinajstić information content (AvgIpc) is 3.08. The van der Waals surface area contributed by atoms with Gasteiger partial charge < -0.3 is 10.2 Å². The van der Waals surface area contributed by atoms with E-state index in [1.165, 1.54) is 23.5 Å². The third-order valence-corrected chi connectivity index (χ3v) is 4.60. The quantitative estimate of drug-likeness (QED) is 0.935. The van der Waals surface area contributed by atoms with Crippen LogP contribution in [0.25, 0.3) is 0 Å². The highest BCUT2D eigenvalue weighted by molar-refractivity contribution is 7.13. The zero-order chi connectivity index (χ0) is 16.4. The Hall–Kier alpha value is -2.28. The molecule has 1 N–H and O–H groups in total. The fourth-order valence-electron chi connectivity index (χ4n) is 2.53. The summed E-state index contributed by atoms with van der Waals surface area (Å²) in [5, 5.41) is 5.17. The van der Waals surface area contributed by atoms with Gasteiger partial charge in [0.25, 0.3) is 0 Å². The average molecular weight is 333 g/mol. The van der Waals surface area contributed by atoms with Crippen molar-refractivity contribution < 1.29 is 14.0 Å². The van der Waals surface area contributed by atoms with Gasteiger partial charge in [0.2, 0.25) is 11.8 Å². The fourth-order valence-corrected chi connectivity index (χ4v) is 3.22. The number of anilines is 1. The van der Waals surface area contributed by atoms with Crippen LogP contribution in [-0.2, 0) is 16.1 Å². The van der Waals surface area contributed by atoms with Crippen molar-refractivity contribution in [2.75, 3.05) is 11.9 Å². The SMILES string of the molecule is Cc1csc(NC(=O)C2CC(=O)N(Cc3ccc(F)cc3)C2)n1. The van der Waals surface area contributed by atoms with E-state index in [1.807, 2.05) is 12.3 Å². The minimum absolute atomic E-state index is 0.0650. The predicted molar refractivity (Wildman–Crippen MR) is 85.4 cm³/mol. The standard InChI is InChI=1S/C16H16FN3O2S/c1-10-9-23-16(18-10)19-15(22)12-6-14(21)20(8-12)7-11-2-4-13(17)5-3-11/h2-5,9,12H,6-8H2,1H3,(H,18,19,22). The van der Waals surface area contributed by atoms with Gasteiger partial charge in [-0.15, -0.1) is 11.3 Å². The minimum atomic E-state index is -0.382. The molecule has 0 radical (unpaired) electrons. The van der Waals surface area contributed by atoms with E-state index in [-0.39, 0.29) is 30.0 Å². The first-order chi connectivity index (χ1) is 11.0. The Bertz CT molecular complexity index is 729. The van der Waals surface area contributed by atoms with Gasteiger partial charge in [-0.25, -0.2) is 9.37 Å². The molecule has 1 aliphatic heterocycles. The summed E-state index contributed by atoms with van der Waals surface area (Å²) in [4.78, 5) is 30.1. The maximum atomic E-state index is 12.9. The molecule has 0 aliphatic carbocycles. The molecule has 23 heavy (non-hydrogen) atoms. The van der Waals surface area contributed by atoms with Gasteiger partial charge in [-0.1, -0.05) is 12.1 Å². The van der Waals surface area contributed by atoms with Crippen LogP contribution in [0.5, 0.6) is 0 Å². The van der Waals surface area contributed by atoms with Gasteiger partial charge in [0.15, 0.2) is 5.13 Å². The molecule has 0 bridgehead atoms. The molecule has 7 heteroatoms. The lowest BCUT2D eigenvalue weighted by atomic mass is 10.1. The van der Waals surface area contributed by atoms with Gasteiger partial charge in [-0.05, 0) is 24.6 Å². The van der Waals surface area contributed by atoms with Crippen molar-refractivity contribution in [3.05, 3.63) is 46.7 Å². The zero-order valence-electron chi connectivity index (χ0n) is 12.6. The van der Waals surface area contributed by atoms with Crippen LogP contribution in [0.3, 0.4) is 0 Å². The molecule has 1 saturated heterocycles. The summed E-state index contributed by atoms with van der Waals surface area (Å²) in [6, 6.07) is 6.03. The monoisotopic (exact) mass is 333 g/mol. The lowest BCUT2D eigenvalue weighted by molar-refractivity contribution is -0.128. The van der Waals surface area contributed by atoms with E-state index in [0.717, 1.165) is 11.3 Å². The summed E-state index contributed by atoms with van der Waals surface area (Å²) in [7, 11) is 0. The lowest BCUT2D eigenvalue weighted by Crippen LogP contribution is -2.28. The topological polar surface area (TPSA) is 62.3 Å². The molecular weight excluding hydrogens is 317 g/mol. The number of halogens is 1. The second-order valence-electron chi connectivity index (χ2n) is 5.59. The first-order valence-electron chi connectivity index (χ1n) is 7.26. The van der Waals surface area contributed by atoms with Crippen molar-refractivity contribution in [3.8, 4) is 0 Å². The summed E-state index contributed by atoms with van der Waals surface area (Å²) >= 11 is 1.37. The maximum absolute atomic E-state index is 12.9. The van der Waals surface area contributed by atoms with E-state index in [0.29, 0.717) is 18.2 Å². The predicted octanol–water partition coefficient (Wildman–Crippen LogP) is 2.58. The molecule has 5 nitrogen and oxygen atoms in total. The third kappa shape index (κ3) is 3.73. The number of nitrogens with zero attached hydrogens (tertiary/aromatic N) is 2. The van der Waals surface area contributed by atoms with Crippen LogP contribution in [0.15, 0.2) is 29.6 Å². The van der Waals surface area contributed by atoms with Crippen LogP contribution in [0.2, 0.25) is 0 Å². The Kier molecular flexibility index (Phi) is 4.38. The first kappa shape index (κ1) is 15.6. The van der Waals surface area contributed by atoms with Crippen molar-refractivity contribution in [2.24, 2.45) is 5.92 Å². The Morgan fingerprint density at radius 3 is 2.83 bits per heavy atom. The van der Waals surface area contributed by atoms with E-state index in [2.05, 4.69) is 10.3 Å². The summed E-state index contributed by atoms with van der Waals surface area (Å²) in [5.41, 5.74) is 1.70. The van der Waals surface area contributed by atoms with Gasteiger partial charge in [0.1, 0.15) is 5.82 Å². The second-order valence-corrected chi connectivity index (χ2v) is 6.44. The molecule has 3 rings (SSSR count). The van der Waals surface area contributed by atoms with Crippen molar-refractivity contribution >= 4 is 28.3 Å². The maximum Gasteiger partial charge on any atom is 0.231 e. The number of benzene rings is 1. The fraction of sp³-hybridized carbons (Fsp3) is 0.312. The number of thiazole rings is 1. The molecule has 1 aromatic heterocycles. The van der Waals surface area contributed by atoms with Crippen LogP contribution in [-0.4, -0.2) is 28.2 Å². The third-order valence-electron chi connectivity index (χ3n) is 3.72. The molecule has 1 fully saturated rings. The number of aryl methyl sites for hydroxylation is 1. The molecule has 1 aromatic carbocycles. The van der Waals surface area contributed by atoms with Gasteiger partial charge in [0, 0.05) is 24.9 Å². The number of nitrogens with one attached hydrogen (secondary N) is 1. The Morgan fingerprint density at radius 2 is 2.17 bits per heavy atom. The van der Waals surface area contributed by atoms with Crippen molar-refractivity contribution in [1.29, 1.82) is 0 Å². The van der Waals surface area contributed by atoms with E-state index in [4.69, 9.17) is 0 Å². The van der Waals surface area contributed by atoms with E-state index in [1.54, 1.807) is 17.0 Å². The molecule has 0 spiro atoms. The van der Waals surface area contributed by atoms with E-state index < -0.39 is 0 Å². The van der Waals surface area contributed by atoms with Crippen LogP contribution in [0.4, 0.5) is 9.52 Å². The summed E-state index contributed by atoms with van der Waals surface area (Å²) in [5.74, 6) is -0.941. The normalized spacial score (nSPS) is 17.6. The van der Waals surface area contributed by atoms with Crippen LogP contribution in [0, 0.1) is 18.7 Å². The number of hydrogen-bond donors (Lipinski definition) is 1. The molecule has 1 unspecified atom stereocenters. The molecule has 1 atom stereocenters. The van der Waals surface area contributed by atoms with Gasteiger partial charge in [0.05, 0.1) is 11.6 Å². The number of aromatic nitrogens is 1. The van der Waals surface area contributed by atoms with Crippen LogP contribution < -0.4 is 5.32 Å². The van der Waals surface area contributed by atoms with Crippen molar-refractivity contribution in [3.63, 3.8) is 0 Å². The van der Waals surface area contributed by atoms with Crippen LogP contribution in [0.1, 0.15) is 17.7 Å². The Morgan fingerprint density at radius 1 is 1.43 bits per heavy atom. The smallest absolute Gasteiger partial charge is 0.231 e. The number of rotatable bonds is 4. The number of hydrogen-bond acceptors (Lipinski definition) is 4.